The number of hydrogen-bond donors (Lipinski definition) is 2. The first-order chi connectivity index (χ1) is 10.1. The molecule has 1 aromatic rings. The Morgan fingerprint density at radius 2 is 1.76 bits per heavy atom. The minimum atomic E-state index is 0.572. The summed E-state index contributed by atoms with van der Waals surface area (Å²) in [7, 11) is 0. The summed E-state index contributed by atoms with van der Waals surface area (Å²) in [4.78, 5) is 9.21. The summed E-state index contributed by atoms with van der Waals surface area (Å²) in [5.41, 5.74) is 1.07. The molecule has 0 aliphatic heterocycles. The van der Waals surface area contributed by atoms with Gasteiger partial charge in [-0.15, -0.1) is 0 Å². The molecule has 0 amide bonds. The van der Waals surface area contributed by atoms with Gasteiger partial charge in [0.15, 0.2) is 0 Å². The smallest absolute Gasteiger partial charge is 0.134 e. The summed E-state index contributed by atoms with van der Waals surface area (Å²) in [5.74, 6) is 3.31. The van der Waals surface area contributed by atoms with Gasteiger partial charge in [-0.05, 0) is 26.2 Å². The second kappa shape index (κ2) is 9.55. The number of ether oxygens (including phenoxy) is 1. The molecule has 0 aliphatic rings. The van der Waals surface area contributed by atoms with Gasteiger partial charge in [-0.1, -0.05) is 20.8 Å². The molecule has 2 N–H and O–H groups in total. The first-order valence-electron chi connectivity index (χ1n) is 8.01. The van der Waals surface area contributed by atoms with Crippen molar-refractivity contribution in [3.63, 3.8) is 0 Å². The van der Waals surface area contributed by atoms with Gasteiger partial charge in [-0.2, -0.15) is 0 Å². The third kappa shape index (κ3) is 6.29. The molecular weight excluding hydrogens is 264 g/mol. The molecule has 0 radical (unpaired) electrons. The molecule has 0 fully saturated rings. The number of anilines is 2. The van der Waals surface area contributed by atoms with E-state index in [1.54, 1.807) is 0 Å². The van der Waals surface area contributed by atoms with E-state index in [1.807, 2.05) is 6.92 Å². The third-order valence-electron chi connectivity index (χ3n) is 3.00. The average molecular weight is 294 g/mol. The van der Waals surface area contributed by atoms with Crippen LogP contribution >= 0.6 is 0 Å². The molecule has 0 unspecified atom stereocenters. The van der Waals surface area contributed by atoms with Gasteiger partial charge < -0.3 is 15.4 Å². The fraction of sp³-hybridized carbons (Fsp3) is 0.750. The van der Waals surface area contributed by atoms with E-state index in [2.05, 4.69) is 48.3 Å². The maximum Gasteiger partial charge on any atom is 0.134 e. The summed E-state index contributed by atoms with van der Waals surface area (Å²) < 4.78 is 5.59. The van der Waals surface area contributed by atoms with Gasteiger partial charge in [0.1, 0.15) is 17.5 Å². The van der Waals surface area contributed by atoms with Gasteiger partial charge in [0.2, 0.25) is 0 Å². The Bertz CT molecular complexity index is 421. The molecule has 0 saturated heterocycles. The number of rotatable bonds is 10. The molecule has 0 atom stereocenters. The van der Waals surface area contributed by atoms with E-state index >= 15 is 0 Å². The minimum absolute atomic E-state index is 0.572. The number of aryl methyl sites for hydroxylation is 1. The highest BCUT2D eigenvalue weighted by molar-refractivity contribution is 5.57. The fourth-order valence-corrected chi connectivity index (χ4v) is 1.97. The first-order valence-corrected chi connectivity index (χ1v) is 8.01. The molecule has 5 heteroatoms. The molecule has 5 nitrogen and oxygen atoms in total. The van der Waals surface area contributed by atoms with Crippen molar-refractivity contribution >= 4 is 11.6 Å². The number of nitrogens with zero attached hydrogens (tertiary/aromatic N) is 2. The first kappa shape index (κ1) is 17.7. The number of nitrogens with one attached hydrogen (secondary N) is 2. The van der Waals surface area contributed by atoms with Crippen LogP contribution in [0.1, 0.15) is 45.5 Å². The van der Waals surface area contributed by atoms with Crippen molar-refractivity contribution < 1.29 is 4.74 Å². The molecule has 21 heavy (non-hydrogen) atoms. The van der Waals surface area contributed by atoms with E-state index in [-0.39, 0.29) is 0 Å². The monoisotopic (exact) mass is 294 g/mol. The Balaban J connectivity index is 2.65. The van der Waals surface area contributed by atoms with Gasteiger partial charge in [0.05, 0.1) is 6.61 Å². The highest BCUT2D eigenvalue weighted by atomic mass is 16.5. The van der Waals surface area contributed by atoms with Crippen LogP contribution in [0.25, 0.3) is 0 Å². The Kier molecular flexibility index (Phi) is 8.05. The molecule has 0 spiro atoms. The quantitative estimate of drug-likeness (QED) is 0.649. The van der Waals surface area contributed by atoms with Crippen LogP contribution in [-0.4, -0.2) is 36.3 Å². The zero-order valence-corrected chi connectivity index (χ0v) is 14.1. The Labute approximate surface area is 128 Å². The van der Waals surface area contributed by atoms with Crippen LogP contribution in [0.2, 0.25) is 0 Å². The maximum absolute atomic E-state index is 5.59. The van der Waals surface area contributed by atoms with Crippen LogP contribution in [-0.2, 0) is 11.2 Å². The van der Waals surface area contributed by atoms with E-state index in [1.165, 1.54) is 0 Å². The normalized spacial score (nSPS) is 11.0. The largest absolute Gasteiger partial charge is 0.379 e. The molecule has 0 saturated carbocycles. The Morgan fingerprint density at radius 3 is 2.33 bits per heavy atom. The van der Waals surface area contributed by atoms with Gasteiger partial charge in [0.25, 0.3) is 0 Å². The van der Waals surface area contributed by atoms with Crippen LogP contribution in [0.5, 0.6) is 0 Å². The minimum Gasteiger partial charge on any atom is -0.379 e. The van der Waals surface area contributed by atoms with Gasteiger partial charge in [-0.25, -0.2) is 9.97 Å². The van der Waals surface area contributed by atoms with Crippen LogP contribution < -0.4 is 10.6 Å². The average Bonchev–Trinajstić information content (AvgIpc) is 2.43. The van der Waals surface area contributed by atoms with Gasteiger partial charge in [-0.3, -0.25) is 0 Å². The highest BCUT2D eigenvalue weighted by Gasteiger charge is 2.09. The molecule has 0 aliphatic carbocycles. The van der Waals surface area contributed by atoms with E-state index in [4.69, 9.17) is 4.74 Å². The molecular formula is C16H30N4O. The van der Waals surface area contributed by atoms with Crippen molar-refractivity contribution in [1.29, 1.82) is 0 Å². The van der Waals surface area contributed by atoms with E-state index in [0.717, 1.165) is 55.6 Å². The van der Waals surface area contributed by atoms with Crippen molar-refractivity contribution in [2.45, 2.75) is 47.5 Å². The van der Waals surface area contributed by atoms with Crippen LogP contribution in [0.4, 0.5) is 11.6 Å². The van der Waals surface area contributed by atoms with Crippen molar-refractivity contribution in [1.82, 2.24) is 9.97 Å². The predicted octanol–water partition coefficient (Wildman–Crippen LogP) is 3.25. The molecule has 1 rings (SSSR count). The lowest BCUT2D eigenvalue weighted by molar-refractivity contribution is 0.118. The van der Waals surface area contributed by atoms with Gasteiger partial charge in [0, 0.05) is 31.7 Å². The molecule has 1 aromatic heterocycles. The summed E-state index contributed by atoms with van der Waals surface area (Å²) in [5, 5.41) is 6.68. The van der Waals surface area contributed by atoms with Gasteiger partial charge >= 0.3 is 0 Å². The van der Waals surface area contributed by atoms with E-state index in [0.29, 0.717) is 12.5 Å². The second-order valence-corrected chi connectivity index (χ2v) is 5.64. The lowest BCUT2D eigenvalue weighted by Crippen LogP contribution is -2.16. The van der Waals surface area contributed by atoms with Crippen molar-refractivity contribution in [2.75, 3.05) is 36.9 Å². The zero-order valence-electron chi connectivity index (χ0n) is 14.1. The SMILES string of the molecule is CCCc1nc(NCC)c(C)c(NCCOCC(C)C)n1. The second-order valence-electron chi connectivity index (χ2n) is 5.64. The standard InChI is InChI=1S/C16H30N4O/c1-6-8-14-19-15(17-7-2)13(5)16(20-14)18-9-10-21-11-12(3)4/h12H,6-11H2,1-5H3,(H2,17,18,19,20). The highest BCUT2D eigenvalue weighted by Crippen LogP contribution is 2.20. The van der Waals surface area contributed by atoms with E-state index in [9.17, 15) is 0 Å². The summed E-state index contributed by atoms with van der Waals surface area (Å²) >= 11 is 0. The Hall–Kier alpha value is -1.36. The maximum atomic E-state index is 5.59. The van der Waals surface area contributed by atoms with Crippen LogP contribution in [0, 0.1) is 12.8 Å². The summed E-state index contributed by atoms with van der Waals surface area (Å²) in [6.07, 6.45) is 1.95. The predicted molar refractivity (Wildman–Crippen MR) is 89.1 cm³/mol. The van der Waals surface area contributed by atoms with Crippen LogP contribution in [0.15, 0.2) is 0 Å². The topological polar surface area (TPSA) is 59.1 Å². The van der Waals surface area contributed by atoms with Crippen molar-refractivity contribution in [3.8, 4) is 0 Å². The fourth-order valence-electron chi connectivity index (χ4n) is 1.97. The zero-order chi connectivity index (χ0) is 15.7. The lowest BCUT2D eigenvalue weighted by atomic mass is 10.2. The summed E-state index contributed by atoms with van der Waals surface area (Å²) in [6, 6.07) is 0. The van der Waals surface area contributed by atoms with Crippen molar-refractivity contribution in [2.24, 2.45) is 5.92 Å². The third-order valence-corrected chi connectivity index (χ3v) is 3.00. The van der Waals surface area contributed by atoms with Crippen LogP contribution in [0.3, 0.4) is 0 Å². The van der Waals surface area contributed by atoms with Crippen molar-refractivity contribution in [3.05, 3.63) is 11.4 Å². The summed E-state index contributed by atoms with van der Waals surface area (Å²) in [6.45, 7) is 13.7. The molecule has 120 valence electrons. The molecule has 0 bridgehead atoms. The molecule has 1 heterocycles. The van der Waals surface area contributed by atoms with E-state index < -0.39 is 0 Å². The lowest BCUT2D eigenvalue weighted by Gasteiger charge is -2.15. The Morgan fingerprint density at radius 1 is 1.10 bits per heavy atom. The molecule has 0 aromatic carbocycles. The number of aromatic nitrogens is 2. The number of hydrogen-bond acceptors (Lipinski definition) is 5.